The van der Waals surface area contributed by atoms with Crippen molar-refractivity contribution < 1.29 is 24.5 Å². The third kappa shape index (κ3) is 7.54. The number of benzene rings is 4. The molecule has 0 spiro atoms. The van der Waals surface area contributed by atoms with Gasteiger partial charge in [0.15, 0.2) is 0 Å². The molecule has 239 valence electrons. The quantitative estimate of drug-likeness (QED) is 0.119. The van der Waals surface area contributed by atoms with Crippen molar-refractivity contribution in [1.29, 1.82) is 0 Å². The van der Waals surface area contributed by atoms with Crippen molar-refractivity contribution in [2.24, 2.45) is 0 Å². The molecule has 0 atom stereocenters. The molecule has 5 heteroatoms. The molecular weight excluding hydrogens is 769 g/mol. The fourth-order valence-corrected chi connectivity index (χ4v) is 7.02. The zero-order valence-electron chi connectivity index (χ0n) is 27.7. The average molecular weight is 809 g/mol. The topological polar surface area (TPSA) is 38.9 Å². The van der Waals surface area contributed by atoms with Crippen molar-refractivity contribution in [1.82, 2.24) is 9.97 Å². The molecule has 0 fully saturated rings. The van der Waals surface area contributed by atoms with Crippen LogP contribution in [-0.4, -0.2) is 18.0 Å². The van der Waals surface area contributed by atoms with Gasteiger partial charge in [0.1, 0.15) is 5.58 Å². The van der Waals surface area contributed by atoms with E-state index in [4.69, 9.17) is 4.42 Å². The van der Waals surface area contributed by atoms with Crippen LogP contribution in [0, 0.1) is 12.1 Å². The van der Waals surface area contributed by atoms with Gasteiger partial charge in [0.05, 0.1) is 13.7 Å². The van der Waals surface area contributed by atoms with Crippen LogP contribution in [0.15, 0.2) is 126 Å². The van der Waals surface area contributed by atoms with E-state index >= 15 is 0 Å². The second-order valence-corrected chi connectivity index (χ2v) is 17.8. The summed E-state index contributed by atoms with van der Waals surface area (Å²) in [4.78, 5) is 9.19. The van der Waals surface area contributed by atoms with Crippen molar-refractivity contribution in [2.75, 3.05) is 0 Å². The third-order valence-electron chi connectivity index (χ3n) is 8.65. The molecule has 3 heterocycles. The van der Waals surface area contributed by atoms with Crippen LogP contribution in [0.5, 0.6) is 0 Å². The van der Waals surface area contributed by atoms with E-state index in [9.17, 15) is 0 Å². The maximum Gasteiger partial charge on any atom is 0.121 e. The minimum absolute atomic E-state index is 0. The number of nitrogens with zero attached hydrogens (tertiary/aromatic N) is 2. The maximum atomic E-state index is 6.38. The Morgan fingerprint density at radius 2 is 1.53 bits per heavy atom. The van der Waals surface area contributed by atoms with Gasteiger partial charge in [0.25, 0.3) is 0 Å². The van der Waals surface area contributed by atoms with E-state index < -0.39 is 8.07 Å². The molecular formula is C42H40IrN2OSi-2. The number of hydrogen-bond donors (Lipinski definition) is 0. The minimum atomic E-state index is -1.23. The number of fused-ring (bicyclic) bond motifs is 3. The van der Waals surface area contributed by atoms with Gasteiger partial charge in [0, 0.05) is 37.9 Å². The van der Waals surface area contributed by atoms with Crippen molar-refractivity contribution >= 4 is 35.2 Å². The van der Waals surface area contributed by atoms with E-state index in [0.29, 0.717) is 5.92 Å². The molecule has 0 aliphatic rings. The smallest absolute Gasteiger partial charge is 0.121 e. The van der Waals surface area contributed by atoms with E-state index in [0.717, 1.165) is 57.3 Å². The Balaban J connectivity index is 0.000000217. The molecule has 0 saturated heterocycles. The molecule has 0 N–H and O–H groups in total. The van der Waals surface area contributed by atoms with Crippen LogP contribution in [0.3, 0.4) is 0 Å². The molecule has 3 nitrogen and oxygen atoms in total. The SMILES string of the molecule is CCC(CC)c1ccnc(-c2[c-]ccc3c2oc2cccc(-c4ccccc4)c23)c1.C[Si](C)(C)c1ccc(-c2[c-]cccc2)nc1.[Ir]. The molecule has 1 radical (unpaired) electrons. The molecule has 7 rings (SSSR count). The van der Waals surface area contributed by atoms with Crippen LogP contribution < -0.4 is 5.19 Å². The summed E-state index contributed by atoms with van der Waals surface area (Å²) < 4.78 is 6.38. The van der Waals surface area contributed by atoms with Crippen LogP contribution in [0.1, 0.15) is 38.2 Å². The number of pyridine rings is 2. The fourth-order valence-electron chi connectivity index (χ4n) is 5.99. The van der Waals surface area contributed by atoms with Gasteiger partial charge >= 0.3 is 0 Å². The normalized spacial score (nSPS) is 11.3. The van der Waals surface area contributed by atoms with Gasteiger partial charge in [-0.2, -0.15) is 0 Å². The van der Waals surface area contributed by atoms with E-state index in [2.05, 4.69) is 122 Å². The summed E-state index contributed by atoms with van der Waals surface area (Å²) in [6, 6.07) is 44.0. The Hall–Kier alpha value is -4.15. The van der Waals surface area contributed by atoms with Gasteiger partial charge in [0.2, 0.25) is 0 Å². The van der Waals surface area contributed by atoms with E-state index in [1.54, 1.807) is 0 Å². The fraction of sp³-hybridized carbons (Fsp3) is 0.190. The number of hydrogen-bond acceptors (Lipinski definition) is 3. The summed E-state index contributed by atoms with van der Waals surface area (Å²) >= 11 is 0. The Bertz CT molecular complexity index is 2050. The standard InChI is InChI=1S/C28H24NO.C14H16NSi.Ir/c1-3-19(4-2)21-16-17-29-25(18-21)23-13-8-14-24-27-22(20-10-6-5-7-11-20)12-9-15-26(27)30-28(23)24;1-16(2,3)13-9-10-14(15-11-13)12-7-5-4-6-8-12;/h5-12,14-19H,3-4H2,1-2H3;4-7,9-11H,1-3H3;/q2*-1;. The number of aromatic nitrogens is 2. The summed E-state index contributed by atoms with van der Waals surface area (Å²) in [5.74, 6) is 0.548. The van der Waals surface area contributed by atoms with Crippen molar-refractivity contribution in [3.63, 3.8) is 0 Å². The van der Waals surface area contributed by atoms with Crippen LogP contribution in [-0.2, 0) is 20.1 Å². The second-order valence-electron chi connectivity index (χ2n) is 12.7. The van der Waals surface area contributed by atoms with Crippen molar-refractivity contribution in [2.45, 2.75) is 52.2 Å². The zero-order valence-corrected chi connectivity index (χ0v) is 31.1. The third-order valence-corrected chi connectivity index (χ3v) is 10.7. The molecule has 0 saturated carbocycles. The minimum Gasteiger partial charge on any atom is -0.501 e. The molecule has 7 aromatic rings. The molecule has 0 unspecified atom stereocenters. The van der Waals surface area contributed by atoms with Crippen LogP contribution in [0.25, 0.3) is 55.6 Å². The van der Waals surface area contributed by atoms with Gasteiger partial charge in [-0.25, -0.2) is 0 Å². The van der Waals surface area contributed by atoms with Crippen LogP contribution >= 0.6 is 0 Å². The Kier molecular flexibility index (Phi) is 11.0. The average Bonchev–Trinajstić information content (AvgIpc) is 3.49. The summed E-state index contributed by atoms with van der Waals surface area (Å²) in [6.07, 6.45) is 6.17. The maximum absolute atomic E-state index is 6.38. The first-order chi connectivity index (χ1) is 22.4. The number of furan rings is 1. The van der Waals surface area contributed by atoms with Gasteiger partial charge in [-0.15, -0.1) is 54.1 Å². The van der Waals surface area contributed by atoms with Crippen molar-refractivity contribution in [3.8, 4) is 33.6 Å². The zero-order chi connectivity index (χ0) is 32.1. The monoisotopic (exact) mass is 809 g/mol. The predicted molar refractivity (Wildman–Crippen MR) is 196 cm³/mol. The Morgan fingerprint density at radius 3 is 2.21 bits per heavy atom. The Labute approximate surface area is 293 Å². The molecule has 0 amide bonds. The largest absolute Gasteiger partial charge is 0.501 e. The molecule has 0 bridgehead atoms. The van der Waals surface area contributed by atoms with E-state index in [1.807, 2.05) is 54.9 Å². The van der Waals surface area contributed by atoms with Gasteiger partial charge in [-0.1, -0.05) is 111 Å². The molecule has 47 heavy (non-hydrogen) atoms. The predicted octanol–water partition coefficient (Wildman–Crippen LogP) is 11.1. The van der Waals surface area contributed by atoms with E-state index in [-0.39, 0.29) is 20.1 Å². The second kappa shape index (κ2) is 15.2. The summed E-state index contributed by atoms with van der Waals surface area (Å²) in [5, 5.41) is 3.64. The molecule has 4 aromatic carbocycles. The van der Waals surface area contributed by atoms with Gasteiger partial charge in [-0.05, 0) is 58.6 Å². The number of rotatable bonds is 7. The summed E-state index contributed by atoms with van der Waals surface area (Å²) in [7, 11) is -1.23. The van der Waals surface area contributed by atoms with E-state index in [1.165, 1.54) is 21.9 Å². The molecule has 0 aliphatic carbocycles. The van der Waals surface area contributed by atoms with Crippen LogP contribution in [0.2, 0.25) is 19.6 Å². The van der Waals surface area contributed by atoms with Gasteiger partial charge in [-0.3, -0.25) is 0 Å². The van der Waals surface area contributed by atoms with Crippen molar-refractivity contribution in [3.05, 3.63) is 139 Å². The summed E-state index contributed by atoms with van der Waals surface area (Å²) in [6.45, 7) is 11.5. The van der Waals surface area contributed by atoms with Gasteiger partial charge < -0.3 is 14.4 Å². The summed E-state index contributed by atoms with van der Waals surface area (Å²) in [5.41, 5.74) is 9.36. The molecule has 0 aliphatic heterocycles. The van der Waals surface area contributed by atoms with Crippen LogP contribution in [0.4, 0.5) is 0 Å². The Morgan fingerprint density at radius 1 is 0.745 bits per heavy atom. The molecule has 3 aromatic heterocycles. The first kappa shape index (κ1) is 34.2. The first-order valence-corrected chi connectivity index (χ1v) is 19.7. The first-order valence-electron chi connectivity index (χ1n) is 16.2.